The van der Waals surface area contributed by atoms with E-state index in [1.165, 1.54) is 0 Å². The van der Waals surface area contributed by atoms with E-state index in [1.807, 2.05) is 43.5 Å². The molecule has 9 heteroatoms. The molecule has 0 atom stereocenters. The van der Waals surface area contributed by atoms with E-state index in [2.05, 4.69) is 31.6 Å². The number of nitrogens with zero attached hydrogens (tertiary/aromatic N) is 7. The van der Waals surface area contributed by atoms with Crippen molar-refractivity contribution in [2.24, 2.45) is 0 Å². The van der Waals surface area contributed by atoms with Gasteiger partial charge < -0.3 is 5.11 Å². The molecule has 0 amide bonds. The van der Waals surface area contributed by atoms with Crippen LogP contribution in [0.4, 0.5) is 0 Å². The Hall–Kier alpha value is -4.42. The van der Waals surface area contributed by atoms with Gasteiger partial charge in [-0.1, -0.05) is 23.4 Å². The summed E-state index contributed by atoms with van der Waals surface area (Å²) < 4.78 is 1.71. The lowest BCUT2D eigenvalue weighted by atomic mass is 9.98. The monoisotopic (exact) mass is 450 g/mol. The molecule has 0 aliphatic heterocycles. The number of rotatable bonds is 5. The largest absolute Gasteiger partial charge is 0.384 e. The second kappa shape index (κ2) is 8.17. The van der Waals surface area contributed by atoms with Gasteiger partial charge in [-0.05, 0) is 50.6 Å². The molecule has 0 unspecified atom stereocenters. The molecule has 0 spiro atoms. The van der Waals surface area contributed by atoms with Gasteiger partial charge in [0.15, 0.2) is 5.65 Å². The van der Waals surface area contributed by atoms with E-state index in [-0.39, 0.29) is 0 Å². The number of fused-ring (bicyclic) bond motifs is 1. The summed E-state index contributed by atoms with van der Waals surface area (Å²) in [4.78, 5) is 9.27. The molecule has 0 saturated heterocycles. The molecule has 9 nitrogen and oxygen atoms in total. The molecule has 0 saturated carbocycles. The Balaban J connectivity index is 1.54. The third kappa shape index (κ3) is 3.91. The molecule has 2 N–H and O–H groups in total. The number of hydrogen-bond donors (Lipinski definition) is 2. The zero-order chi connectivity index (χ0) is 23.9. The van der Waals surface area contributed by atoms with Crippen LogP contribution < -0.4 is 0 Å². The van der Waals surface area contributed by atoms with Crippen LogP contribution in [-0.4, -0.2) is 40.3 Å². The fourth-order valence-electron chi connectivity index (χ4n) is 3.89. The first kappa shape index (κ1) is 21.4. The number of aromatic nitrogens is 7. The highest BCUT2D eigenvalue weighted by Gasteiger charge is 2.19. The van der Waals surface area contributed by atoms with Gasteiger partial charge in [0.1, 0.15) is 11.3 Å². The first-order valence-electron chi connectivity index (χ1n) is 10.8. The number of pyridine rings is 2. The lowest BCUT2D eigenvalue weighted by Crippen LogP contribution is -2.18. The van der Waals surface area contributed by atoms with Crippen LogP contribution >= 0.6 is 0 Å². The Kier molecular flexibility index (Phi) is 5.15. The molecule has 0 aliphatic carbocycles. The summed E-state index contributed by atoms with van der Waals surface area (Å²) in [6.45, 7) is 5.74. The molecular weight excluding hydrogens is 428 g/mol. The summed E-state index contributed by atoms with van der Waals surface area (Å²) in [6, 6.07) is 15.3. The minimum absolute atomic E-state index is 0.409. The average molecular weight is 451 g/mol. The number of hydrogen-bond acceptors (Lipinski definition) is 7. The van der Waals surface area contributed by atoms with Crippen molar-refractivity contribution in [1.29, 1.82) is 5.26 Å². The Morgan fingerprint density at radius 1 is 1.09 bits per heavy atom. The van der Waals surface area contributed by atoms with E-state index in [0.717, 1.165) is 33.5 Å². The summed E-state index contributed by atoms with van der Waals surface area (Å²) in [6.07, 6.45) is 3.57. The third-order valence-corrected chi connectivity index (χ3v) is 5.73. The van der Waals surface area contributed by atoms with Gasteiger partial charge in [-0.2, -0.15) is 10.4 Å². The Labute approximate surface area is 195 Å². The van der Waals surface area contributed by atoms with Crippen molar-refractivity contribution in [3.63, 3.8) is 0 Å². The highest BCUT2D eigenvalue weighted by Crippen LogP contribution is 2.32. The molecule has 5 aromatic rings. The highest BCUT2D eigenvalue weighted by atomic mass is 16.3. The van der Waals surface area contributed by atoms with E-state index >= 15 is 0 Å². The van der Waals surface area contributed by atoms with E-state index in [1.54, 1.807) is 36.9 Å². The molecule has 0 fully saturated rings. The predicted octanol–water partition coefficient (Wildman–Crippen LogP) is 3.73. The molecule has 0 radical (unpaired) electrons. The van der Waals surface area contributed by atoms with Gasteiger partial charge >= 0.3 is 0 Å². The van der Waals surface area contributed by atoms with Crippen LogP contribution in [0.5, 0.6) is 0 Å². The number of nitrogens with one attached hydrogen (secondary N) is 1. The number of aromatic amines is 1. The Bertz CT molecular complexity index is 1550. The standard InChI is InChI=1S/C25H22N8O/c1-15-16(11-26)6-4-8-18(15)21-10-19(20-12-27-31-24(20)29-21)22-14-33(32-30-22)13-17-7-5-9-23(28-17)25(2,3)34/h4-10,12,14,34H,13H2,1-3H3,(H,27,29,31). The number of nitriles is 1. The van der Waals surface area contributed by atoms with Crippen molar-refractivity contribution in [1.82, 2.24) is 35.2 Å². The summed E-state index contributed by atoms with van der Waals surface area (Å²) in [5.41, 5.74) is 5.53. The van der Waals surface area contributed by atoms with E-state index < -0.39 is 5.60 Å². The summed E-state index contributed by atoms with van der Waals surface area (Å²) in [5.74, 6) is 0. The van der Waals surface area contributed by atoms with Crippen molar-refractivity contribution >= 4 is 11.0 Å². The highest BCUT2D eigenvalue weighted by molar-refractivity contribution is 5.93. The minimum Gasteiger partial charge on any atom is -0.384 e. The fraction of sp³-hybridized carbons (Fsp3) is 0.200. The van der Waals surface area contributed by atoms with Crippen LogP contribution in [0.25, 0.3) is 33.5 Å². The Morgan fingerprint density at radius 2 is 1.91 bits per heavy atom. The van der Waals surface area contributed by atoms with E-state index in [0.29, 0.717) is 29.1 Å². The SMILES string of the molecule is Cc1c(C#N)cccc1-c1cc(-c2cn(Cc3cccc(C(C)(C)O)n3)nn2)c2cn[nH]c2n1. The van der Waals surface area contributed by atoms with Gasteiger partial charge in [-0.25, -0.2) is 9.67 Å². The van der Waals surface area contributed by atoms with E-state index in [4.69, 9.17) is 4.98 Å². The van der Waals surface area contributed by atoms with Crippen LogP contribution in [0.15, 0.2) is 54.9 Å². The molecule has 5 rings (SSSR count). The fourth-order valence-corrected chi connectivity index (χ4v) is 3.89. The molecule has 168 valence electrons. The third-order valence-electron chi connectivity index (χ3n) is 5.73. The molecule has 34 heavy (non-hydrogen) atoms. The van der Waals surface area contributed by atoms with Crippen molar-refractivity contribution in [3.05, 3.63) is 77.4 Å². The van der Waals surface area contributed by atoms with Crippen LogP contribution in [0.2, 0.25) is 0 Å². The quantitative estimate of drug-likeness (QED) is 0.417. The first-order valence-corrected chi connectivity index (χ1v) is 10.8. The Morgan fingerprint density at radius 3 is 2.71 bits per heavy atom. The normalized spacial score (nSPS) is 11.6. The lowest BCUT2D eigenvalue weighted by molar-refractivity contribution is 0.0736. The maximum Gasteiger partial charge on any atom is 0.156 e. The van der Waals surface area contributed by atoms with Crippen LogP contribution in [0.3, 0.4) is 0 Å². The zero-order valence-electron chi connectivity index (χ0n) is 19.0. The molecule has 4 heterocycles. The van der Waals surface area contributed by atoms with Gasteiger partial charge in [0.2, 0.25) is 0 Å². The van der Waals surface area contributed by atoms with Crippen LogP contribution in [0.1, 0.15) is 36.4 Å². The smallest absolute Gasteiger partial charge is 0.156 e. The summed E-state index contributed by atoms with van der Waals surface area (Å²) >= 11 is 0. The average Bonchev–Trinajstić information content (AvgIpc) is 3.48. The lowest BCUT2D eigenvalue weighted by Gasteiger charge is -2.17. The van der Waals surface area contributed by atoms with Crippen molar-refractivity contribution in [3.8, 4) is 28.6 Å². The summed E-state index contributed by atoms with van der Waals surface area (Å²) in [7, 11) is 0. The topological polar surface area (TPSA) is 129 Å². The maximum absolute atomic E-state index is 10.3. The van der Waals surface area contributed by atoms with Crippen molar-refractivity contribution < 1.29 is 5.11 Å². The molecular formula is C25H22N8O. The van der Waals surface area contributed by atoms with Gasteiger partial charge in [0.05, 0.1) is 47.7 Å². The van der Waals surface area contributed by atoms with Gasteiger partial charge in [-0.3, -0.25) is 10.1 Å². The van der Waals surface area contributed by atoms with Gasteiger partial charge in [-0.15, -0.1) is 5.10 Å². The predicted molar refractivity (Wildman–Crippen MR) is 126 cm³/mol. The van der Waals surface area contributed by atoms with Crippen LogP contribution in [-0.2, 0) is 12.1 Å². The second-order valence-corrected chi connectivity index (χ2v) is 8.65. The number of aliphatic hydroxyl groups is 1. The zero-order valence-corrected chi connectivity index (χ0v) is 19.0. The second-order valence-electron chi connectivity index (χ2n) is 8.65. The number of H-pyrrole nitrogens is 1. The maximum atomic E-state index is 10.3. The summed E-state index contributed by atoms with van der Waals surface area (Å²) in [5, 5.41) is 36.3. The number of benzene rings is 1. The first-order chi connectivity index (χ1) is 16.3. The molecule has 1 aromatic carbocycles. The molecule has 0 aliphatic rings. The molecule has 0 bridgehead atoms. The van der Waals surface area contributed by atoms with Gasteiger partial charge in [0.25, 0.3) is 0 Å². The van der Waals surface area contributed by atoms with Crippen LogP contribution in [0, 0.1) is 18.3 Å². The van der Waals surface area contributed by atoms with Gasteiger partial charge in [0, 0.05) is 16.5 Å². The van der Waals surface area contributed by atoms with Crippen molar-refractivity contribution in [2.45, 2.75) is 32.9 Å². The minimum atomic E-state index is -1.02. The van der Waals surface area contributed by atoms with Crippen molar-refractivity contribution in [2.75, 3.05) is 0 Å². The molecule has 4 aromatic heterocycles. The van der Waals surface area contributed by atoms with E-state index in [9.17, 15) is 10.4 Å².